The Kier molecular flexibility index (Phi) is 5.73. The summed E-state index contributed by atoms with van der Waals surface area (Å²) in [4.78, 5) is 16.1. The summed E-state index contributed by atoms with van der Waals surface area (Å²) >= 11 is 0. The molecule has 0 saturated heterocycles. The first-order valence-corrected chi connectivity index (χ1v) is 8.15. The molecule has 3 aromatic rings. The third kappa shape index (κ3) is 5.44. The minimum absolute atomic E-state index is 0.130. The van der Waals surface area contributed by atoms with Gasteiger partial charge in [0.25, 0.3) is 0 Å². The number of amides is 1. The van der Waals surface area contributed by atoms with Gasteiger partial charge in [-0.15, -0.1) is 13.2 Å². The number of rotatable bonds is 6. The Bertz CT molecular complexity index is 969. The Morgan fingerprint density at radius 2 is 1.89 bits per heavy atom. The van der Waals surface area contributed by atoms with Crippen molar-refractivity contribution in [2.45, 2.75) is 12.9 Å². The van der Waals surface area contributed by atoms with Crippen LogP contribution in [-0.2, 0) is 11.3 Å². The third-order valence-electron chi connectivity index (χ3n) is 3.63. The number of anilines is 1. The lowest BCUT2D eigenvalue weighted by atomic mass is 10.1. The molecular formula is C19H15F3N4O2. The van der Waals surface area contributed by atoms with Crippen molar-refractivity contribution in [3.8, 4) is 5.75 Å². The van der Waals surface area contributed by atoms with Gasteiger partial charge < -0.3 is 10.1 Å². The molecule has 144 valence electrons. The lowest BCUT2D eigenvalue weighted by Gasteiger charge is -2.11. The highest BCUT2D eigenvalue weighted by molar-refractivity contribution is 6.02. The fourth-order valence-electron chi connectivity index (χ4n) is 2.44. The molecule has 9 heteroatoms. The van der Waals surface area contributed by atoms with Crippen LogP contribution in [0, 0.1) is 0 Å². The van der Waals surface area contributed by atoms with Gasteiger partial charge >= 0.3 is 6.36 Å². The largest absolute Gasteiger partial charge is 0.573 e. The van der Waals surface area contributed by atoms with E-state index in [-0.39, 0.29) is 11.3 Å². The minimum atomic E-state index is -4.81. The Morgan fingerprint density at radius 3 is 2.64 bits per heavy atom. The van der Waals surface area contributed by atoms with Gasteiger partial charge in [0.2, 0.25) is 5.91 Å². The molecule has 0 aliphatic carbocycles. The van der Waals surface area contributed by atoms with Gasteiger partial charge in [0.15, 0.2) is 0 Å². The molecule has 6 nitrogen and oxygen atoms in total. The van der Waals surface area contributed by atoms with E-state index in [0.717, 1.165) is 11.6 Å². The molecule has 0 atom stereocenters. The first kappa shape index (κ1) is 19.2. The van der Waals surface area contributed by atoms with E-state index in [1.165, 1.54) is 30.6 Å². The van der Waals surface area contributed by atoms with Crippen LogP contribution in [0.2, 0.25) is 0 Å². The fraction of sp³-hybridized carbons (Fsp3) is 0.105. The number of carbonyl (C=O) groups excluding carboxylic acids is 1. The Balaban J connectivity index is 1.72. The number of nitrogens with zero attached hydrogens (tertiary/aromatic N) is 3. The van der Waals surface area contributed by atoms with Gasteiger partial charge in [0, 0.05) is 17.3 Å². The SMILES string of the molecule is O=C(C=Cc1ccccc1OC(F)(F)F)Nc1ccccc1Cn1cncn1. The number of halogens is 3. The van der Waals surface area contributed by atoms with E-state index >= 15 is 0 Å². The van der Waals surface area contributed by atoms with Gasteiger partial charge in [-0.1, -0.05) is 36.4 Å². The highest BCUT2D eigenvalue weighted by Gasteiger charge is 2.31. The normalized spacial score (nSPS) is 11.5. The van der Waals surface area contributed by atoms with Crippen LogP contribution in [0.25, 0.3) is 6.08 Å². The molecule has 0 radical (unpaired) electrons. The van der Waals surface area contributed by atoms with E-state index in [9.17, 15) is 18.0 Å². The minimum Gasteiger partial charge on any atom is -0.405 e. The van der Waals surface area contributed by atoms with Crippen molar-refractivity contribution in [2.24, 2.45) is 0 Å². The number of ether oxygens (including phenoxy) is 1. The zero-order chi connectivity index (χ0) is 20.0. The number of aromatic nitrogens is 3. The van der Waals surface area contributed by atoms with Gasteiger partial charge in [0.1, 0.15) is 18.4 Å². The van der Waals surface area contributed by atoms with Crippen molar-refractivity contribution in [1.82, 2.24) is 14.8 Å². The molecular weight excluding hydrogens is 373 g/mol. The first-order chi connectivity index (χ1) is 13.4. The van der Waals surface area contributed by atoms with E-state index in [4.69, 9.17) is 0 Å². The lowest BCUT2D eigenvalue weighted by molar-refractivity contribution is -0.274. The molecule has 28 heavy (non-hydrogen) atoms. The standard InChI is InChI=1S/C19H15F3N4O2/c20-19(21,22)28-17-8-4-2-5-14(17)9-10-18(27)25-16-7-3-1-6-15(16)11-26-13-23-12-24-26/h1-10,12-13H,11H2,(H,25,27). The molecule has 0 unspecified atom stereocenters. The first-order valence-electron chi connectivity index (χ1n) is 8.15. The summed E-state index contributed by atoms with van der Waals surface area (Å²) in [6.45, 7) is 0.405. The van der Waals surface area contributed by atoms with Gasteiger partial charge in [-0.05, 0) is 23.8 Å². The van der Waals surface area contributed by atoms with Crippen LogP contribution in [0.15, 0.2) is 67.3 Å². The molecule has 1 amide bonds. The second kappa shape index (κ2) is 8.38. The molecule has 1 N–H and O–H groups in total. The van der Waals surface area contributed by atoms with Crippen molar-refractivity contribution in [2.75, 3.05) is 5.32 Å². The number of nitrogens with one attached hydrogen (secondary N) is 1. The number of para-hydroxylation sites is 2. The summed E-state index contributed by atoms with van der Waals surface area (Å²) in [5.74, 6) is -0.876. The zero-order valence-corrected chi connectivity index (χ0v) is 14.4. The molecule has 0 aliphatic heterocycles. The van der Waals surface area contributed by atoms with Crippen LogP contribution in [0.4, 0.5) is 18.9 Å². The molecule has 0 fully saturated rings. The second-order valence-corrected chi connectivity index (χ2v) is 5.66. The topological polar surface area (TPSA) is 69.0 Å². The van der Waals surface area contributed by atoms with Crippen LogP contribution < -0.4 is 10.1 Å². The summed E-state index contributed by atoms with van der Waals surface area (Å²) in [7, 11) is 0. The third-order valence-corrected chi connectivity index (χ3v) is 3.63. The predicted molar refractivity (Wildman–Crippen MR) is 96.4 cm³/mol. The smallest absolute Gasteiger partial charge is 0.405 e. The molecule has 1 heterocycles. The number of hydrogen-bond acceptors (Lipinski definition) is 4. The van der Waals surface area contributed by atoms with Crippen LogP contribution in [-0.4, -0.2) is 27.0 Å². The molecule has 0 aliphatic rings. The van der Waals surface area contributed by atoms with Gasteiger partial charge in [-0.2, -0.15) is 5.10 Å². The highest BCUT2D eigenvalue weighted by atomic mass is 19.4. The molecule has 0 bridgehead atoms. The van der Waals surface area contributed by atoms with Crippen molar-refractivity contribution in [3.63, 3.8) is 0 Å². The van der Waals surface area contributed by atoms with Gasteiger partial charge in [-0.3, -0.25) is 4.79 Å². The van der Waals surface area contributed by atoms with Crippen molar-refractivity contribution in [1.29, 1.82) is 0 Å². The van der Waals surface area contributed by atoms with E-state index < -0.39 is 12.3 Å². The molecule has 3 rings (SSSR count). The predicted octanol–water partition coefficient (Wildman–Crippen LogP) is 3.88. The van der Waals surface area contributed by atoms with E-state index in [1.54, 1.807) is 29.2 Å². The average molecular weight is 388 g/mol. The quantitative estimate of drug-likeness (QED) is 0.651. The summed E-state index contributed by atoms with van der Waals surface area (Å²) < 4.78 is 43.0. The van der Waals surface area contributed by atoms with Crippen LogP contribution in [0.3, 0.4) is 0 Å². The van der Waals surface area contributed by atoms with Crippen LogP contribution >= 0.6 is 0 Å². The van der Waals surface area contributed by atoms with Crippen LogP contribution in [0.5, 0.6) is 5.75 Å². The fourth-order valence-corrected chi connectivity index (χ4v) is 2.44. The van der Waals surface area contributed by atoms with Crippen molar-refractivity contribution < 1.29 is 22.7 Å². The molecule has 0 spiro atoms. The summed E-state index contributed by atoms with van der Waals surface area (Å²) in [5.41, 5.74) is 1.49. The number of alkyl halides is 3. The van der Waals surface area contributed by atoms with Crippen molar-refractivity contribution >= 4 is 17.7 Å². The average Bonchev–Trinajstić information content (AvgIpc) is 3.14. The zero-order valence-electron chi connectivity index (χ0n) is 14.4. The molecule has 1 aromatic heterocycles. The van der Waals surface area contributed by atoms with E-state index in [0.29, 0.717) is 12.2 Å². The molecule has 2 aromatic carbocycles. The van der Waals surface area contributed by atoms with Crippen LogP contribution in [0.1, 0.15) is 11.1 Å². The summed E-state index contributed by atoms with van der Waals surface area (Å²) in [6, 6.07) is 12.7. The second-order valence-electron chi connectivity index (χ2n) is 5.66. The Morgan fingerprint density at radius 1 is 1.14 bits per heavy atom. The maximum atomic E-state index is 12.5. The number of benzene rings is 2. The highest BCUT2D eigenvalue weighted by Crippen LogP contribution is 2.27. The van der Waals surface area contributed by atoms with E-state index in [2.05, 4.69) is 20.1 Å². The van der Waals surface area contributed by atoms with Gasteiger partial charge in [-0.25, -0.2) is 9.67 Å². The maximum Gasteiger partial charge on any atom is 0.573 e. The van der Waals surface area contributed by atoms with Crippen molar-refractivity contribution in [3.05, 3.63) is 78.4 Å². The monoisotopic (exact) mass is 388 g/mol. The lowest BCUT2D eigenvalue weighted by Crippen LogP contribution is -2.17. The number of carbonyl (C=O) groups is 1. The molecule has 0 saturated carbocycles. The van der Waals surface area contributed by atoms with Gasteiger partial charge in [0.05, 0.1) is 6.54 Å². The Hall–Kier alpha value is -3.62. The Labute approximate surface area is 158 Å². The summed E-state index contributed by atoms with van der Waals surface area (Å²) in [6.07, 6.45) is 0.550. The summed E-state index contributed by atoms with van der Waals surface area (Å²) in [5, 5.41) is 6.73. The number of hydrogen-bond donors (Lipinski definition) is 1. The maximum absolute atomic E-state index is 12.5. The van der Waals surface area contributed by atoms with E-state index in [1.807, 2.05) is 12.1 Å².